The minimum absolute atomic E-state index is 0.0606. The molecule has 0 aliphatic heterocycles. The summed E-state index contributed by atoms with van der Waals surface area (Å²) in [6.45, 7) is 5.30. The van der Waals surface area contributed by atoms with E-state index in [0.29, 0.717) is 0 Å². The van der Waals surface area contributed by atoms with E-state index in [1.54, 1.807) is 20.8 Å². The summed E-state index contributed by atoms with van der Waals surface area (Å²) in [5, 5.41) is 18.2. The molecule has 1 aromatic rings. The minimum atomic E-state index is -3.66. The first kappa shape index (κ1) is 15.3. The molecule has 0 atom stereocenters. The van der Waals surface area contributed by atoms with E-state index in [1.807, 2.05) is 0 Å². The van der Waals surface area contributed by atoms with Crippen LogP contribution in [0.3, 0.4) is 0 Å². The number of aromatic hydroxyl groups is 1. The van der Waals surface area contributed by atoms with Crippen LogP contribution >= 0.6 is 0 Å². The third-order valence-electron chi connectivity index (χ3n) is 2.12. The summed E-state index contributed by atoms with van der Waals surface area (Å²) in [6.07, 6.45) is 0. The number of carboxylic acid groups (broad SMARTS) is 1. The van der Waals surface area contributed by atoms with E-state index in [-0.39, 0.29) is 22.8 Å². The van der Waals surface area contributed by atoms with Crippen LogP contribution in [0, 0.1) is 5.41 Å². The van der Waals surface area contributed by atoms with E-state index in [1.165, 1.54) is 12.1 Å². The molecule has 1 aromatic carbocycles. The number of aromatic carboxylic acids is 1. The lowest BCUT2D eigenvalue weighted by Gasteiger charge is -2.19. The summed E-state index contributed by atoms with van der Waals surface area (Å²) < 4.78 is 26.0. The molecule has 0 saturated heterocycles. The molecule has 106 valence electrons. The van der Waals surface area contributed by atoms with Crippen LogP contribution in [-0.2, 0) is 10.0 Å². The normalized spacial score (nSPS) is 12.2. The molecule has 19 heavy (non-hydrogen) atoms. The smallest absolute Gasteiger partial charge is 0.337 e. The highest BCUT2D eigenvalue weighted by molar-refractivity contribution is 7.92. The Hall–Kier alpha value is -1.76. The Morgan fingerprint density at radius 3 is 2.37 bits per heavy atom. The van der Waals surface area contributed by atoms with E-state index in [0.717, 1.165) is 6.07 Å². The van der Waals surface area contributed by atoms with Gasteiger partial charge in [0, 0.05) is 0 Å². The fourth-order valence-corrected chi connectivity index (χ4v) is 3.30. The number of rotatable bonds is 4. The van der Waals surface area contributed by atoms with Crippen molar-refractivity contribution < 1.29 is 23.4 Å². The number of anilines is 1. The predicted molar refractivity (Wildman–Crippen MR) is 71.9 cm³/mol. The molecule has 0 bridgehead atoms. The zero-order valence-corrected chi connectivity index (χ0v) is 11.8. The molecule has 0 heterocycles. The van der Waals surface area contributed by atoms with Crippen molar-refractivity contribution in [2.45, 2.75) is 20.8 Å². The van der Waals surface area contributed by atoms with Gasteiger partial charge in [-0.3, -0.25) is 4.72 Å². The topological polar surface area (TPSA) is 104 Å². The number of benzene rings is 1. The van der Waals surface area contributed by atoms with Crippen LogP contribution < -0.4 is 4.72 Å². The SMILES string of the molecule is CC(C)(C)CS(=O)(=O)Nc1ccc(O)cc1C(=O)O. The Kier molecular flexibility index (Phi) is 4.09. The molecule has 7 heteroatoms. The Morgan fingerprint density at radius 2 is 1.89 bits per heavy atom. The van der Waals surface area contributed by atoms with Crippen LogP contribution in [0.4, 0.5) is 5.69 Å². The Bertz CT molecular complexity index is 587. The summed E-state index contributed by atoms with van der Waals surface area (Å²) in [4.78, 5) is 11.0. The second kappa shape index (κ2) is 5.08. The van der Waals surface area contributed by atoms with E-state index in [2.05, 4.69) is 4.72 Å². The van der Waals surface area contributed by atoms with Gasteiger partial charge >= 0.3 is 5.97 Å². The van der Waals surface area contributed by atoms with Crippen molar-refractivity contribution in [2.75, 3.05) is 10.5 Å². The minimum Gasteiger partial charge on any atom is -0.508 e. The molecule has 3 N–H and O–H groups in total. The zero-order chi connectivity index (χ0) is 14.8. The fourth-order valence-electron chi connectivity index (χ4n) is 1.57. The summed E-state index contributed by atoms with van der Waals surface area (Å²) in [7, 11) is -3.66. The maximum atomic E-state index is 11.9. The van der Waals surface area contributed by atoms with Crippen molar-refractivity contribution in [3.63, 3.8) is 0 Å². The Labute approximate surface area is 112 Å². The standard InChI is InChI=1S/C12H17NO5S/c1-12(2,3)7-19(17,18)13-10-5-4-8(14)6-9(10)11(15)16/h4-6,13-14H,7H2,1-3H3,(H,15,16). The molecule has 6 nitrogen and oxygen atoms in total. The van der Waals surface area contributed by atoms with Gasteiger partial charge in [-0.2, -0.15) is 0 Å². The summed E-state index contributed by atoms with van der Waals surface area (Å²) in [5.41, 5.74) is -0.807. The second-order valence-electron chi connectivity index (χ2n) is 5.46. The predicted octanol–water partition coefficient (Wildman–Crippen LogP) is 1.88. The quantitative estimate of drug-likeness (QED) is 0.733. The first-order valence-electron chi connectivity index (χ1n) is 5.57. The van der Waals surface area contributed by atoms with Crippen molar-refractivity contribution in [2.24, 2.45) is 5.41 Å². The van der Waals surface area contributed by atoms with E-state index in [9.17, 15) is 18.3 Å². The lowest BCUT2D eigenvalue weighted by molar-refractivity contribution is 0.0697. The third-order valence-corrected chi connectivity index (χ3v) is 3.90. The number of hydrogen-bond acceptors (Lipinski definition) is 4. The van der Waals surface area contributed by atoms with Crippen LogP contribution in [0.25, 0.3) is 0 Å². The molecule has 0 fully saturated rings. The number of nitrogens with one attached hydrogen (secondary N) is 1. The van der Waals surface area contributed by atoms with Gasteiger partial charge in [-0.1, -0.05) is 20.8 Å². The molecule has 0 aromatic heterocycles. The van der Waals surface area contributed by atoms with Crippen LogP contribution in [-0.4, -0.2) is 30.4 Å². The summed E-state index contributed by atoms with van der Waals surface area (Å²) in [5.74, 6) is -1.69. The van der Waals surface area contributed by atoms with Crippen molar-refractivity contribution in [3.05, 3.63) is 23.8 Å². The van der Waals surface area contributed by atoms with Crippen LogP contribution in [0.2, 0.25) is 0 Å². The molecule has 0 saturated carbocycles. The molecule has 1 rings (SSSR count). The molecule has 0 aliphatic rings. The van der Waals surface area contributed by atoms with Crippen molar-refractivity contribution in [1.82, 2.24) is 0 Å². The molecular formula is C12H17NO5S. The molecule has 0 spiro atoms. The summed E-state index contributed by atoms with van der Waals surface area (Å²) >= 11 is 0. The highest BCUT2D eigenvalue weighted by atomic mass is 32.2. The van der Waals surface area contributed by atoms with Gasteiger partial charge in [0.2, 0.25) is 10.0 Å². The highest BCUT2D eigenvalue weighted by Gasteiger charge is 2.23. The maximum Gasteiger partial charge on any atom is 0.337 e. The van der Waals surface area contributed by atoms with Gasteiger partial charge in [-0.15, -0.1) is 0 Å². The van der Waals surface area contributed by atoms with Crippen LogP contribution in [0.15, 0.2) is 18.2 Å². The molecule has 0 aliphatic carbocycles. The van der Waals surface area contributed by atoms with Gasteiger partial charge in [0.25, 0.3) is 0 Å². The monoisotopic (exact) mass is 287 g/mol. The molecule has 0 amide bonds. The average Bonchev–Trinajstić information content (AvgIpc) is 2.16. The summed E-state index contributed by atoms with van der Waals surface area (Å²) in [6, 6.07) is 3.44. The lowest BCUT2D eigenvalue weighted by Crippen LogP contribution is -2.26. The highest BCUT2D eigenvalue weighted by Crippen LogP contribution is 2.24. The Balaban J connectivity index is 3.10. The van der Waals surface area contributed by atoms with E-state index in [4.69, 9.17) is 5.11 Å². The van der Waals surface area contributed by atoms with Crippen LogP contribution in [0.1, 0.15) is 31.1 Å². The fraction of sp³-hybridized carbons (Fsp3) is 0.417. The Morgan fingerprint density at radius 1 is 1.32 bits per heavy atom. The number of sulfonamides is 1. The maximum absolute atomic E-state index is 11.9. The van der Waals surface area contributed by atoms with Crippen molar-refractivity contribution in [1.29, 1.82) is 0 Å². The number of phenolic OH excluding ortho intramolecular Hbond substituents is 1. The van der Waals surface area contributed by atoms with Crippen molar-refractivity contribution in [3.8, 4) is 5.75 Å². The largest absolute Gasteiger partial charge is 0.508 e. The molecule has 0 unspecified atom stereocenters. The average molecular weight is 287 g/mol. The third kappa shape index (κ3) is 4.78. The number of carbonyl (C=O) groups is 1. The zero-order valence-electron chi connectivity index (χ0n) is 11.0. The lowest BCUT2D eigenvalue weighted by atomic mass is 10.0. The molecule has 0 radical (unpaired) electrons. The second-order valence-corrected chi connectivity index (χ2v) is 7.18. The van der Waals surface area contributed by atoms with Gasteiger partial charge in [0.05, 0.1) is 17.0 Å². The molecular weight excluding hydrogens is 270 g/mol. The number of hydrogen-bond donors (Lipinski definition) is 3. The van der Waals surface area contributed by atoms with Gasteiger partial charge in [0.15, 0.2) is 0 Å². The van der Waals surface area contributed by atoms with Gasteiger partial charge in [-0.05, 0) is 23.6 Å². The van der Waals surface area contributed by atoms with Gasteiger partial charge < -0.3 is 10.2 Å². The number of phenols is 1. The number of carboxylic acids is 1. The van der Waals surface area contributed by atoms with Crippen molar-refractivity contribution >= 4 is 21.7 Å². The van der Waals surface area contributed by atoms with Gasteiger partial charge in [-0.25, -0.2) is 13.2 Å². The first-order valence-corrected chi connectivity index (χ1v) is 7.22. The first-order chi connectivity index (χ1) is 8.50. The van der Waals surface area contributed by atoms with E-state index >= 15 is 0 Å². The van der Waals surface area contributed by atoms with E-state index < -0.39 is 21.4 Å². The van der Waals surface area contributed by atoms with Crippen LogP contribution in [0.5, 0.6) is 5.75 Å². The van der Waals surface area contributed by atoms with Gasteiger partial charge in [0.1, 0.15) is 5.75 Å².